The summed E-state index contributed by atoms with van der Waals surface area (Å²) in [5.41, 5.74) is 15.0. The zero-order valence-electron chi connectivity index (χ0n) is 11.1. The van der Waals surface area contributed by atoms with Gasteiger partial charge in [0, 0.05) is 15.7 Å². The number of aryl methyl sites for hydroxylation is 1. The average Bonchev–Trinajstić information content (AvgIpc) is 2.42. The number of primary amides is 1. The topological polar surface area (TPSA) is 81.1 Å². The van der Waals surface area contributed by atoms with Crippen molar-refractivity contribution in [3.8, 4) is 0 Å². The lowest BCUT2D eigenvalue weighted by Gasteiger charge is -2.14. The lowest BCUT2D eigenvalue weighted by Crippen LogP contribution is -2.11. The van der Waals surface area contributed by atoms with Crippen LogP contribution < -0.4 is 16.8 Å². The van der Waals surface area contributed by atoms with Crippen LogP contribution in [0.15, 0.2) is 40.9 Å². The zero-order chi connectivity index (χ0) is 14.7. The highest BCUT2D eigenvalue weighted by Gasteiger charge is 2.08. The number of benzene rings is 2. The summed E-state index contributed by atoms with van der Waals surface area (Å²) in [6.45, 7) is 2.08. The predicted molar refractivity (Wildman–Crippen MR) is 86.2 cm³/mol. The quantitative estimate of drug-likeness (QED) is 0.749. The van der Waals surface area contributed by atoms with Crippen LogP contribution in [0.25, 0.3) is 0 Å². The van der Waals surface area contributed by atoms with Crippen molar-refractivity contribution in [1.29, 1.82) is 0 Å². The molecule has 1 amide bonds. The van der Waals surface area contributed by atoms with Crippen LogP contribution in [-0.2, 0) is 6.42 Å². The van der Waals surface area contributed by atoms with Crippen LogP contribution in [0.4, 0.5) is 17.1 Å². The number of carbonyl (C=O) groups is 1. The molecule has 0 spiro atoms. The van der Waals surface area contributed by atoms with E-state index in [-0.39, 0.29) is 0 Å². The van der Waals surface area contributed by atoms with Gasteiger partial charge >= 0.3 is 0 Å². The summed E-state index contributed by atoms with van der Waals surface area (Å²) in [4.78, 5) is 11.2. The van der Waals surface area contributed by atoms with Gasteiger partial charge in [-0.3, -0.25) is 4.79 Å². The van der Waals surface area contributed by atoms with E-state index in [9.17, 15) is 4.79 Å². The van der Waals surface area contributed by atoms with E-state index in [1.165, 1.54) is 0 Å². The van der Waals surface area contributed by atoms with E-state index in [2.05, 4.69) is 34.2 Å². The van der Waals surface area contributed by atoms with E-state index in [1.807, 2.05) is 12.1 Å². The minimum atomic E-state index is -0.473. The van der Waals surface area contributed by atoms with E-state index < -0.39 is 5.91 Å². The molecule has 104 valence electrons. The van der Waals surface area contributed by atoms with Crippen molar-refractivity contribution in [3.63, 3.8) is 0 Å². The fourth-order valence-corrected chi connectivity index (χ4v) is 2.35. The first-order valence-electron chi connectivity index (χ1n) is 6.26. The van der Waals surface area contributed by atoms with Gasteiger partial charge in [-0.15, -0.1) is 0 Å². The van der Waals surface area contributed by atoms with Crippen LogP contribution in [0.2, 0.25) is 0 Å². The summed E-state index contributed by atoms with van der Waals surface area (Å²) in [6, 6.07) is 10.9. The van der Waals surface area contributed by atoms with Crippen LogP contribution in [0.5, 0.6) is 0 Å². The van der Waals surface area contributed by atoms with Crippen LogP contribution >= 0.6 is 15.9 Å². The minimum absolute atomic E-state index is 0.428. The third-order valence-corrected chi connectivity index (χ3v) is 3.55. The number of hydrogen-bond donors (Lipinski definition) is 3. The van der Waals surface area contributed by atoms with Gasteiger partial charge in [0.25, 0.3) is 0 Å². The van der Waals surface area contributed by atoms with Crippen molar-refractivity contribution in [3.05, 3.63) is 52.0 Å². The van der Waals surface area contributed by atoms with Gasteiger partial charge in [0.1, 0.15) is 0 Å². The molecule has 2 aromatic rings. The fourth-order valence-electron chi connectivity index (χ4n) is 1.94. The molecular weight excluding hydrogens is 318 g/mol. The van der Waals surface area contributed by atoms with Crippen LogP contribution in [-0.4, -0.2) is 5.91 Å². The normalized spacial score (nSPS) is 10.3. The fraction of sp³-hybridized carbons (Fsp3) is 0.133. The Kier molecular flexibility index (Phi) is 4.29. The van der Waals surface area contributed by atoms with Crippen molar-refractivity contribution >= 4 is 38.9 Å². The highest BCUT2D eigenvalue weighted by molar-refractivity contribution is 9.10. The maximum absolute atomic E-state index is 11.2. The molecule has 0 radical (unpaired) electrons. The summed E-state index contributed by atoms with van der Waals surface area (Å²) < 4.78 is 1.03. The third kappa shape index (κ3) is 3.11. The smallest absolute Gasteiger partial charge is 0.248 e. The third-order valence-electron chi connectivity index (χ3n) is 3.06. The number of nitrogens with two attached hydrogens (primary N) is 2. The van der Waals surface area contributed by atoms with Gasteiger partial charge in [-0.2, -0.15) is 0 Å². The summed E-state index contributed by atoms with van der Waals surface area (Å²) in [6.07, 6.45) is 0.886. The van der Waals surface area contributed by atoms with Gasteiger partial charge < -0.3 is 16.8 Å². The Morgan fingerprint density at radius 1 is 1.20 bits per heavy atom. The lowest BCUT2D eigenvalue weighted by atomic mass is 10.1. The number of hydrogen-bond acceptors (Lipinski definition) is 3. The number of amides is 1. The van der Waals surface area contributed by atoms with Gasteiger partial charge in [-0.1, -0.05) is 22.9 Å². The van der Waals surface area contributed by atoms with Crippen molar-refractivity contribution < 1.29 is 4.79 Å². The molecule has 0 aromatic heterocycles. The van der Waals surface area contributed by atoms with E-state index in [0.29, 0.717) is 16.9 Å². The maximum Gasteiger partial charge on any atom is 0.248 e. The Hall–Kier alpha value is -2.01. The van der Waals surface area contributed by atoms with E-state index >= 15 is 0 Å². The van der Waals surface area contributed by atoms with Crippen molar-refractivity contribution in [1.82, 2.24) is 0 Å². The van der Waals surface area contributed by atoms with Crippen molar-refractivity contribution in [2.75, 3.05) is 11.1 Å². The molecule has 0 heterocycles. The van der Waals surface area contributed by atoms with E-state index in [0.717, 1.165) is 22.1 Å². The van der Waals surface area contributed by atoms with Crippen LogP contribution in [0.3, 0.4) is 0 Å². The number of nitrogens with one attached hydrogen (secondary N) is 1. The molecule has 0 saturated heterocycles. The molecule has 5 N–H and O–H groups in total. The minimum Gasteiger partial charge on any atom is -0.397 e. The SMILES string of the molecule is CCc1cc(Br)ccc1Nc1cc(C(N)=O)ccc1N. The first-order valence-corrected chi connectivity index (χ1v) is 7.05. The second-order valence-corrected chi connectivity index (χ2v) is 5.36. The monoisotopic (exact) mass is 333 g/mol. The lowest BCUT2D eigenvalue weighted by molar-refractivity contribution is 0.100. The number of halogens is 1. The molecule has 0 aliphatic rings. The molecule has 2 aromatic carbocycles. The van der Waals surface area contributed by atoms with Crippen LogP contribution in [0, 0.1) is 0 Å². The van der Waals surface area contributed by atoms with E-state index in [4.69, 9.17) is 11.5 Å². The van der Waals surface area contributed by atoms with Gasteiger partial charge in [0.05, 0.1) is 11.4 Å². The Balaban J connectivity index is 2.39. The first-order chi connectivity index (χ1) is 9.51. The molecule has 0 fully saturated rings. The summed E-state index contributed by atoms with van der Waals surface area (Å²) in [5.74, 6) is -0.473. The van der Waals surface area contributed by atoms with Crippen molar-refractivity contribution in [2.24, 2.45) is 5.73 Å². The summed E-state index contributed by atoms with van der Waals surface area (Å²) >= 11 is 3.45. The molecule has 0 bridgehead atoms. The Labute approximate surface area is 126 Å². The summed E-state index contributed by atoms with van der Waals surface area (Å²) in [5, 5.41) is 3.26. The highest BCUT2D eigenvalue weighted by atomic mass is 79.9. The predicted octanol–water partition coefficient (Wildman–Crippen LogP) is 3.44. The molecule has 0 aliphatic heterocycles. The number of rotatable bonds is 4. The van der Waals surface area contributed by atoms with Gasteiger partial charge in [-0.05, 0) is 48.4 Å². The van der Waals surface area contributed by atoms with Crippen molar-refractivity contribution in [2.45, 2.75) is 13.3 Å². The van der Waals surface area contributed by atoms with Gasteiger partial charge in [-0.25, -0.2) is 0 Å². The molecule has 20 heavy (non-hydrogen) atoms. The average molecular weight is 334 g/mol. The first kappa shape index (κ1) is 14.4. The second kappa shape index (κ2) is 5.96. The van der Waals surface area contributed by atoms with Crippen LogP contribution in [0.1, 0.15) is 22.8 Å². The standard InChI is InChI=1S/C15H16BrN3O/c1-2-9-7-11(16)4-6-13(9)19-14-8-10(15(18)20)3-5-12(14)17/h3-8,19H,2,17H2,1H3,(H2,18,20). The Morgan fingerprint density at radius 2 is 1.95 bits per heavy atom. The van der Waals surface area contributed by atoms with Gasteiger partial charge in [0.2, 0.25) is 5.91 Å². The number of anilines is 3. The molecule has 0 saturated carbocycles. The Bertz CT molecular complexity index is 656. The highest BCUT2D eigenvalue weighted by Crippen LogP contribution is 2.28. The molecule has 5 heteroatoms. The molecular formula is C15H16BrN3O. The molecule has 2 rings (SSSR count). The Morgan fingerprint density at radius 3 is 2.60 bits per heavy atom. The van der Waals surface area contributed by atoms with Gasteiger partial charge in [0.15, 0.2) is 0 Å². The molecule has 0 aliphatic carbocycles. The molecule has 0 unspecified atom stereocenters. The zero-order valence-corrected chi connectivity index (χ0v) is 12.7. The maximum atomic E-state index is 11.2. The number of nitrogen functional groups attached to an aromatic ring is 1. The number of carbonyl (C=O) groups excluding carboxylic acids is 1. The molecule has 0 atom stereocenters. The second-order valence-electron chi connectivity index (χ2n) is 4.45. The summed E-state index contributed by atoms with van der Waals surface area (Å²) in [7, 11) is 0. The molecule has 4 nitrogen and oxygen atoms in total. The largest absolute Gasteiger partial charge is 0.397 e. The van der Waals surface area contributed by atoms with E-state index in [1.54, 1.807) is 18.2 Å².